The smallest absolute Gasteiger partial charge is 0.323 e. The summed E-state index contributed by atoms with van der Waals surface area (Å²) in [5.74, 6) is 1.58. The molecule has 168 valence electrons. The summed E-state index contributed by atoms with van der Waals surface area (Å²) < 4.78 is 7.63. The lowest BCUT2D eigenvalue weighted by atomic mass is 10.2. The number of carbonyl (C=O) groups excluding carboxylic acids is 1. The van der Waals surface area contributed by atoms with Crippen molar-refractivity contribution in [1.29, 1.82) is 0 Å². The number of urea groups is 1. The molecular weight excluding hydrogens is 440 g/mol. The molecule has 0 saturated carbocycles. The second kappa shape index (κ2) is 9.30. The Kier molecular flexibility index (Phi) is 6.28. The monoisotopic (exact) mass is 462 g/mol. The zero-order chi connectivity index (χ0) is 23.5. The quantitative estimate of drug-likeness (QED) is 0.380. The first-order valence-electron chi connectivity index (χ1n) is 10.3. The summed E-state index contributed by atoms with van der Waals surface area (Å²) in [5, 5.41) is 10.5. The van der Waals surface area contributed by atoms with Crippen LogP contribution in [-0.2, 0) is 0 Å². The van der Waals surface area contributed by atoms with E-state index in [4.69, 9.17) is 16.3 Å². The number of anilines is 2. The lowest BCUT2D eigenvalue weighted by Gasteiger charge is -2.11. The Morgan fingerprint density at radius 1 is 0.970 bits per heavy atom. The Hall–Kier alpha value is -3.91. The van der Waals surface area contributed by atoms with Gasteiger partial charge in [0.1, 0.15) is 12.1 Å². The van der Waals surface area contributed by atoms with Gasteiger partial charge in [0, 0.05) is 17.4 Å². The van der Waals surface area contributed by atoms with E-state index in [1.807, 2.05) is 33.8 Å². The molecule has 0 radical (unpaired) electrons. The molecular formula is C24H23ClN6O2. The van der Waals surface area contributed by atoms with Crippen LogP contribution in [0.5, 0.6) is 11.6 Å². The number of ether oxygens (including phenoxy) is 1. The van der Waals surface area contributed by atoms with Crippen LogP contribution < -0.4 is 15.4 Å². The third-order valence-corrected chi connectivity index (χ3v) is 5.52. The minimum atomic E-state index is -0.393. The number of amides is 2. The van der Waals surface area contributed by atoms with Gasteiger partial charge in [-0.3, -0.25) is 0 Å². The van der Waals surface area contributed by atoms with Crippen molar-refractivity contribution >= 4 is 29.0 Å². The predicted octanol–water partition coefficient (Wildman–Crippen LogP) is 5.99. The average Bonchev–Trinajstić information content (AvgIpc) is 3.04. The minimum absolute atomic E-state index is 0.387. The SMILES string of the molecule is Cc1ccc(NC(=O)Nc2ccc(Oc3cc(-n4nc(C)c(C)c4C)ncn3)cc2)c(Cl)c1. The molecule has 8 nitrogen and oxygen atoms in total. The van der Waals surface area contributed by atoms with Crippen LogP contribution in [0.4, 0.5) is 16.2 Å². The molecule has 4 rings (SSSR count). The molecule has 33 heavy (non-hydrogen) atoms. The van der Waals surface area contributed by atoms with Crippen LogP contribution in [0.1, 0.15) is 22.5 Å². The van der Waals surface area contributed by atoms with Gasteiger partial charge in [-0.15, -0.1) is 0 Å². The third-order valence-electron chi connectivity index (χ3n) is 5.21. The Labute approximate surface area is 196 Å². The molecule has 0 spiro atoms. The number of aromatic nitrogens is 4. The average molecular weight is 463 g/mol. The van der Waals surface area contributed by atoms with Gasteiger partial charge < -0.3 is 15.4 Å². The summed E-state index contributed by atoms with van der Waals surface area (Å²) >= 11 is 6.17. The Morgan fingerprint density at radius 2 is 1.73 bits per heavy atom. The molecule has 0 saturated heterocycles. The van der Waals surface area contributed by atoms with Crippen molar-refractivity contribution in [1.82, 2.24) is 19.7 Å². The zero-order valence-electron chi connectivity index (χ0n) is 18.7. The van der Waals surface area contributed by atoms with Crippen molar-refractivity contribution in [3.63, 3.8) is 0 Å². The number of hydrogen-bond acceptors (Lipinski definition) is 5. The maximum absolute atomic E-state index is 12.3. The summed E-state index contributed by atoms with van der Waals surface area (Å²) in [4.78, 5) is 20.8. The fourth-order valence-electron chi connectivity index (χ4n) is 3.18. The Bertz CT molecular complexity index is 1320. The number of aryl methyl sites for hydroxylation is 2. The summed E-state index contributed by atoms with van der Waals surface area (Å²) in [6.07, 6.45) is 1.44. The predicted molar refractivity (Wildman–Crippen MR) is 129 cm³/mol. The highest BCUT2D eigenvalue weighted by atomic mass is 35.5. The van der Waals surface area contributed by atoms with Crippen LogP contribution in [0.3, 0.4) is 0 Å². The molecule has 0 aliphatic rings. The van der Waals surface area contributed by atoms with Crippen molar-refractivity contribution in [2.24, 2.45) is 0 Å². The summed E-state index contributed by atoms with van der Waals surface area (Å²) in [7, 11) is 0. The topological polar surface area (TPSA) is 94.0 Å². The standard InChI is InChI=1S/C24H23ClN6O2/c1-14-5-10-21(20(25)11-14)29-24(32)28-18-6-8-19(9-7-18)33-23-12-22(26-13-27-23)31-17(4)15(2)16(3)30-31/h5-13H,1-4H3,(H2,28,29,32). The van der Waals surface area contributed by atoms with E-state index in [1.165, 1.54) is 6.33 Å². The van der Waals surface area contributed by atoms with Gasteiger partial charge in [0.25, 0.3) is 0 Å². The molecule has 2 heterocycles. The van der Waals surface area contributed by atoms with Gasteiger partial charge in [-0.1, -0.05) is 17.7 Å². The molecule has 0 aliphatic heterocycles. The molecule has 0 fully saturated rings. The fourth-order valence-corrected chi connectivity index (χ4v) is 3.46. The molecule has 2 aromatic heterocycles. The maximum atomic E-state index is 12.3. The first-order chi connectivity index (χ1) is 15.8. The van der Waals surface area contributed by atoms with Crippen molar-refractivity contribution in [3.8, 4) is 17.4 Å². The molecule has 2 aromatic carbocycles. The van der Waals surface area contributed by atoms with Crippen molar-refractivity contribution < 1.29 is 9.53 Å². The molecule has 9 heteroatoms. The Balaban J connectivity index is 1.41. The Morgan fingerprint density at radius 3 is 2.39 bits per heavy atom. The fraction of sp³-hybridized carbons (Fsp3) is 0.167. The highest BCUT2D eigenvalue weighted by Crippen LogP contribution is 2.25. The second-order valence-corrected chi connectivity index (χ2v) is 8.02. The van der Waals surface area contributed by atoms with E-state index in [9.17, 15) is 4.79 Å². The highest BCUT2D eigenvalue weighted by molar-refractivity contribution is 6.33. The summed E-state index contributed by atoms with van der Waals surface area (Å²) in [5.41, 5.74) is 5.24. The van der Waals surface area contributed by atoms with E-state index in [-0.39, 0.29) is 0 Å². The number of halogens is 1. The molecule has 0 bridgehead atoms. The number of rotatable bonds is 5. The van der Waals surface area contributed by atoms with E-state index < -0.39 is 6.03 Å². The van der Waals surface area contributed by atoms with Crippen LogP contribution in [-0.4, -0.2) is 25.8 Å². The van der Waals surface area contributed by atoms with Gasteiger partial charge in [0.15, 0.2) is 5.82 Å². The van der Waals surface area contributed by atoms with E-state index >= 15 is 0 Å². The van der Waals surface area contributed by atoms with Crippen LogP contribution in [0.15, 0.2) is 54.9 Å². The number of benzene rings is 2. The normalized spacial score (nSPS) is 10.7. The number of carbonyl (C=O) groups is 1. The van der Waals surface area contributed by atoms with E-state index in [0.29, 0.717) is 33.8 Å². The van der Waals surface area contributed by atoms with Gasteiger partial charge in [-0.05, 0) is 75.2 Å². The lowest BCUT2D eigenvalue weighted by molar-refractivity contribution is 0.262. The number of nitrogens with one attached hydrogen (secondary N) is 2. The van der Waals surface area contributed by atoms with Gasteiger partial charge in [-0.25, -0.2) is 19.4 Å². The largest absolute Gasteiger partial charge is 0.439 e. The first-order valence-corrected chi connectivity index (χ1v) is 10.7. The molecule has 2 N–H and O–H groups in total. The van der Waals surface area contributed by atoms with Crippen molar-refractivity contribution in [2.45, 2.75) is 27.7 Å². The van der Waals surface area contributed by atoms with Gasteiger partial charge in [0.05, 0.1) is 16.4 Å². The molecule has 0 atom stereocenters. The van der Waals surface area contributed by atoms with E-state index in [1.54, 1.807) is 47.1 Å². The minimum Gasteiger partial charge on any atom is -0.439 e. The lowest BCUT2D eigenvalue weighted by Crippen LogP contribution is -2.19. The molecule has 2 amide bonds. The molecule has 0 aliphatic carbocycles. The van der Waals surface area contributed by atoms with E-state index in [2.05, 4.69) is 25.7 Å². The molecule has 4 aromatic rings. The third kappa shape index (κ3) is 5.12. The highest BCUT2D eigenvalue weighted by Gasteiger charge is 2.12. The number of hydrogen-bond donors (Lipinski definition) is 2. The molecule has 0 unspecified atom stereocenters. The van der Waals surface area contributed by atoms with Crippen LogP contribution >= 0.6 is 11.6 Å². The van der Waals surface area contributed by atoms with Crippen LogP contribution in [0, 0.1) is 27.7 Å². The number of nitrogens with zero attached hydrogens (tertiary/aromatic N) is 4. The van der Waals surface area contributed by atoms with Gasteiger partial charge in [0.2, 0.25) is 5.88 Å². The van der Waals surface area contributed by atoms with E-state index in [0.717, 1.165) is 22.5 Å². The van der Waals surface area contributed by atoms with Gasteiger partial charge >= 0.3 is 6.03 Å². The summed E-state index contributed by atoms with van der Waals surface area (Å²) in [6.45, 7) is 7.91. The summed E-state index contributed by atoms with van der Waals surface area (Å²) in [6, 6.07) is 13.7. The second-order valence-electron chi connectivity index (χ2n) is 7.61. The van der Waals surface area contributed by atoms with Crippen LogP contribution in [0.25, 0.3) is 5.82 Å². The van der Waals surface area contributed by atoms with Crippen molar-refractivity contribution in [3.05, 3.63) is 82.4 Å². The van der Waals surface area contributed by atoms with Crippen molar-refractivity contribution in [2.75, 3.05) is 10.6 Å². The first kappa shape index (κ1) is 22.3. The zero-order valence-corrected chi connectivity index (χ0v) is 19.4. The maximum Gasteiger partial charge on any atom is 0.323 e. The van der Waals surface area contributed by atoms with Gasteiger partial charge in [-0.2, -0.15) is 5.10 Å². The van der Waals surface area contributed by atoms with Crippen LogP contribution in [0.2, 0.25) is 5.02 Å².